The monoisotopic (exact) mass is 351 g/mol. The summed E-state index contributed by atoms with van der Waals surface area (Å²) in [4.78, 5) is 4.56. The SMILES string of the molecule is CCNC(=NCC(O)c1cccc(OC)c1)NC1CCC(SC)C1. The van der Waals surface area contributed by atoms with Gasteiger partial charge in [-0.1, -0.05) is 12.1 Å². The number of nitrogens with zero attached hydrogens (tertiary/aromatic N) is 1. The number of benzene rings is 1. The number of aliphatic hydroxyl groups is 1. The van der Waals surface area contributed by atoms with Crippen molar-refractivity contribution in [3.05, 3.63) is 29.8 Å². The molecular weight excluding hydrogens is 322 g/mol. The zero-order valence-electron chi connectivity index (χ0n) is 14.8. The molecule has 2 rings (SSSR count). The number of methoxy groups -OCH3 is 1. The van der Waals surface area contributed by atoms with Crippen LogP contribution in [0.4, 0.5) is 0 Å². The van der Waals surface area contributed by atoms with Crippen LogP contribution in [0.2, 0.25) is 0 Å². The second kappa shape index (κ2) is 9.79. The molecule has 134 valence electrons. The van der Waals surface area contributed by atoms with Crippen LogP contribution >= 0.6 is 11.8 Å². The van der Waals surface area contributed by atoms with Gasteiger partial charge in [-0.25, -0.2) is 0 Å². The second-order valence-electron chi connectivity index (χ2n) is 6.02. The minimum absolute atomic E-state index is 0.321. The minimum atomic E-state index is -0.641. The summed E-state index contributed by atoms with van der Waals surface area (Å²) in [5.74, 6) is 1.53. The molecule has 3 unspecified atom stereocenters. The molecule has 1 aromatic rings. The van der Waals surface area contributed by atoms with Crippen LogP contribution in [0.25, 0.3) is 0 Å². The number of rotatable bonds is 7. The molecule has 0 aliphatic heterocycles. The van der Waals surface area contributed by atoms with Crippen LogP contribution in [0.5, 0.6) is 5.75 Å². The summed E-state index contributed by atoms with van der Waals surface area (Å²) in [6, 6.07) is 7.96. The van der Waals surface area contributed by atoms with Gasteiger partial charge in [-0.05, 0) is 50.1 Å². The second-order valence-corrected chi connectivity index (χ2v) is 7.16. The molecule has 24 heavy (non-hydrogen) atoms. The highest BCUT2D eigenvalue weighted by Crippen LogP contribution is 2.28. The van der Waals surface area contributed by atoms with Crippen molar-refractivity contribution >= 4 is 17.7 Å². The lowest BCUT2D eigenvalue weighted by Gasteiger charge is -2.18. The number of thioether (sulfide) groups is 1. The fourth-order valence-corrected chi connectivity index (χ4v) is 3.73. The Morgan fingerprint density at radius 2 is 2.29 bits per heavy atom. The van der Waals surface area contributed by atoms with Crippen molar-refractivity contribution in [2.45, 2.75) is 43.6 Å². The van der Waals surface area contributed by atoms with Crippen LogP contribution in [0, 0.1) is 0 Å². The summed E-state index contributed by atoms with van der Waals surface area (Å²) in [5.41, 5.74) is 0.817. The van der Waals surface area contributed by atoms with E-state index in [4.69, 9.17) is 4.74 Å². The third kappa shape index (κ3) is 5.60. The normalized spacial score (nSPS) is 22.2. The molecule has 1 aliphatic rings. The van der Waals surface area contributed by atoms with Gasteiger partial charge in [-0.15, -0.1) is 0 Å². The third-order valence-electron chi connectivity index (χ3n) is 4.30. The van der Waals surface area contributed by atoms with Gasteiger partial charge in [-0.3, -0.25) is 4.99 Å². The quantitative estimate of drug-likeness (QED) is 0.520. The summed E-state index contributed by atoms with van der Waals surface area (Å²) in [6.45, 7) is 3.18. The topological polar surface area (TPSA) is 65.9 Å². The van der Waals surface area contributed by atoms with Crippen molar-refractivity contribution in [1.82, 2.24) is 10.6 Å². The van der Waals surface area contributed by atoms with Crippen LogP contribution in [0.1, 0.15) is 37.9 Å². The van der Waals surface area contributed by atoms with Crippen molar-refractivity contribution < 1.29 is 9.84 Å². The zero-order chi connectivity index (χ0) is 17.4. The Labute approximate surface area is 149 Å². The molecule has 0 radical (unpaired) electrons. The molecule has 0 saturated heterocycles. The molecule has 6 heteroatoms. The predicted octanol–water partition coefficient (Wildman–Crippen LogP) is 2.57. The van der Waals surface area contributed by atoms with Gasteiger partial charge in [0.15, 0.2) is 5.96 Å². The Kier molecular flexibility index (Phi) is 7.72. The van der Waals surface area contributed by atoms with E-state index in [2.05, 4.69) is 28.8 Å². The molecule has 1 saturated carbocycles. The van der Waals surface area contributed by atoms with Gasteiger partial charge < -0.3 is 20.5 Å². The first kappa shape index (κ1) is 18.9. The van der Waals surface area contributed by atoms with Gasteiger partial charge in [0.05, 0.1) is 19.8 Å². The number of hydrogen-bond acceptors (Lipinski definition) is 4. The van der Waals surface area contributed by atoms with Gasteiger partial charge in [0, 0.05) is 17.8 Å². The average molecular weight is 352 g/mol. The van der Waals surface area contributed by atoms with Gasteiger partial charge in [0.25, 0.3) is 0 Å². The molecule has 1 aromatic carbocycles. The van der Waals surface area contributed by atoms with Gasteiger partial charge >= 0.3 is 0 Å². The molecule has 3 N–H and O–H groups in total. The maximum absolute atomic E-state index is 10.4. The van der Waals surface area contributed by atoms with E-state index in [1.165, 1.54) is 19.3 Å². The summed E-state index contributed by atoms with van der Waals surface area (Å²) < 4.78 is 5.20. The minimum Gasteiger partial charge on any atom is -0.497 e. The number of guanidine groups is 1. The Hall–Kier alpha value is -1.40. The molecule has 3 atom stereocenters. The van der Waals surface area contributed by atoms with E-state index in [9.17, 15) is 5.11 Å². The largest absolute Gasteiger partial charge is 0.497 e. The first-order chi connectivity index (χ1) is 11.7. The Morgan fingerprint density at radius 1 is 1.46 bits per heavy atom. The van der Waals surface area contributed by atoms with E-state index >= 15 is 0 Å². The lowest BCUT2D eigenvalue weighted by atomic mass is 10.1. The average Bonchev–Trinajstić information content (AvgIpc) is 3.07. The van der Waals surface area contributed by atoms with Crippen molar-refractivity contribution in [3.63, 3.8) is 0 Å². The summed E-state index contributed by atoms with van der Waals surface area (Å²) in [6.07, 6.45) is 5.14. The summed E-state index contributed by atoms with van der Waals surface area (Å²) in [7, 11) is 1.63. The van der Waals surface area contributed by atoms with E-state index in [1.54, 1.807) is 7.11 Å². The zero-order valence-corrected chi connectivity index (χ0v) is 15.6. The van der Waals surface area contributed by atoms with Gasteiger partial charge in [0.2, 0.25) is 0 Å². The maximum atomic E-state index is 10.4. The number of nitrogens with one attached hydrogen (secondary N) is 2. The molecule has 1 fully saturated rings. The number of hydrogen-bond donors (Lipinski definition) is 3. The van der Waals surface area contributed by atoms with Crippen LogP contribution in [-0.4, -0.2) is 48.8 Å². The molecule has 0 amide bonds. The van der Waals surface area contributed by atoms with Gasteiger partial charge in [-0.2, -0.15) is 11.8 Å². The van der Waals surface area contributed by atoms with E-state index in [0.717, 1.165) is 29.1 Å². The van der Waals surface area contributed by atoms with Crippen LogP contribution in [0.15, 0.2) is 29.3 Å². The third-order valence-corrected chi connectivity index (χ3v) is 5.40. The smallest absolute Gasteiger partial charge is 0.191 e. The first-order valence-electron chi connectivity index (χ1n) is 8.55. The van der Waals surface area contributed by atoms with E-state index in [-0.39, 0.29) is 0 Å². The fraction of sp³-hybridized carbons (Fsp3) is 0.611. The summed E-state index contributed by atoms with van der Waals surface area (Å²) >= 11 is 1.94. The molecule has 0 aromatic heterocycles. The highest BCUT2D eigenvalue weighted by atomic mass is 32.2. The van der Waals surface area contributed by atoms with Gasteiger partial charge in [0.1, 0.15) is 5.75 Å². The first-order valence-corrected chi connectivity index (χ1v) is 9.84. The standard InChI is InChI=1S/C18H29N3O2S/c1-4-19-18(21-14-8-9-16(11-14)24-3)20-12-17(22)13-6-5-7-15(10-13)23-2/h5-7,10,14,16-17,22H,4,8-9,11-12H2,1-3H3,(H2,19,20,21). The fourth-order valence-electron chi connectivity index (χ4n) is 2.93. The van der Waals surface area contributed by atoms with Crippen LogP contribution in [0.3, 0.4) is 0 Å². The predicted molar refractivity (Wildman–Crippen MR) is 102 cm³/mol. The highest BCUT2D eigenvalue weighted by molar-refractivity contribution is 7.99. The Balaban J connectivity index is 1.94. The highest BCUT2D eigenvalue weighted by Gasteiger charge is 2.24. The molecular formula is C18H29N3O2S. The Bertz CT molecular complexity index is 539. The summed E-state index contributed by atoms with van der Waals surface area (Å²) in [5, 5.41) is 17.9. The Morgan fingerprint density at radius 3 is 2.96 bits per heavy atom. The number of ether oxygens (including phenoxy) is 1. The molecule has 0 spiro atoms. The molecule has 5 nitrogen and oxygen atoms in total. The van der Waals surface area contributed by atoms with Crippen molar-refractivity contribution in [1.29, 1.82) is 0 Å². The van der Waals surface area contributed by atoms with Crippen LogP contribution < -0.4 is 15.4 Å². The lowest BCUT2D eigenvalue weighted by molar-refractivity contribution is 0.186. The van der Waals surface area contributed by atoms with Crippen molar-refractivity contribution in [2.24, 2.45) is 4.99 Å². The maximum Gasteiger partial charge on any atom is 0.191 e. The van der Waals surface area contributed by atoms with Crippen molar-refractivity contribution in [3.8, 4) is 5.75 Å². The number of aliphatic hydroxyl groups excluding tert-OH is 1. The van der Waals surface area contributed by atoms with Crippen LogP contribution in [-0.2, 0) is 0 Å². The lowest BCUT2D eigenvalue weighted by Crippen LogP contribution is -2.42. The molecule has 0 heterocycles. The van der Waals surface area contributed by atoms with E-state index in [0.29, 0.717) is 12.6 Å². The molecule has 0 bridgehead atoms. The van der Waals surface area contributed by atoms with Crippen molar-refractivity contribution in [2.75, 3.05) is 26.5 Å². The van der Waals surface area contributed by atoms with E-state index < -0.39 is 6.10 Å². The van der Waals surface area contributed by atoms with E-state index in [1.807, 2.05) is 36.0 Å². The number of aliphatic imine (C=N–C) groups is 1. The molecule has 1 aliphatic carbocycles.